The van der Waals surface area contributed by atoms with Crippen LogP contribution in [0.3, 0.4) is 0 Å². The van der Waals surface area contributed by atoms with E-state index in [1.54, 1.807) is 30.3 Å². The molecule has 7 heteroatoms. The third-order valence-corrected chi connectivity index (χ3v) is 4.15. The van der Waals surface area contributed by atoms with Crippen molar-refractivity contribution >= 4 is 23.3 Å². The number of carbonyl (C=O) groups excluding carboxylic acids is 2. The summed E-state index contributed by atoms with van der Waals surface area (Å²) in [4.78, 5) is 23.9. The van der Waals surface area contributed by atoms with Crippen LogP contribution in [0.15, 0.2) is 42.5 Å². The van der Waals surface area contributed by atoms with Crippen molar-refractivity contribution in [1.82, 2.24) is 5.32 Å². The normalized spacial score (nSPS) is 14.6. The van der Waals surface area contributed by atoms with Gasteiger partial charge >= 0.3 is 6.03 Å². The zero-order valence-corrected chi connectivity index (χ0v) is 14.1. The molecule has 1 heterocycles. The van der Waals surface area contributed by atoms with Crippen LogP contribution in [0.2, 0.25) is 0 Å². The molecule has 0 unspecified atom stereocenters. The number of benzene rings is 2. The third kappa shape index (κ3) is 4.05. The summed E-state index contributed by atoms with van der Waals surface area (Å²) in [5, 5.41) is 8.46. The molecular weight excluding hydrogens is 334 g/mol. The van der Waals surface area contributed by atoms with Gasteiger partial charge in [0, 0.05) is 23.5 Å². The van der Waals surface area contributed by atoms with Crippen molar-refractivity contribution in [3.05, 3.63) is 48.0 Å². The summed E-state index contributed by atoms with van der Waals surface area (Å²) in [6.45, 7) is 0.190. The SMILES string of the molecule is O=C(Cc1ccc(NC(=O)Nc2ccc3c(c2)OCO3)cc1)NC1CC1. The molecule has 0 spiro atoms. The first-order chi connectivity index (χ1) is 12.7. The van der Waals surface area contributed by atoms with Gasteiger partial charge in [0.2, 0.25) is 12.7 Å². The number of nitrogens with one attached hydrogen (secondary N) is 3. The Morgan fingerprint density at radius 3 is 2.38 bits per heavy atom. The monoisotopic (exact) mass is 353 g/mol. The van der Waals surface area contributed by atoms with Crippen molar-refractivity contribution in [2.75, 3.05) is 17.4 Å². The average molecular weight is 353 g/mol. The fourth-order valence-electron chi connectivity index (χ4n) is 2.67. The molecule has 1 aliphatic carbocycles. The fourth-order valence-corrected chi connectivity index (χ4v) is 2.67. The number of hydrogen-bond acceptors (Lipinski definition) is 4. The molecular formula is C19H19N3O4. The predicted octanol–water partition coefficient (Wildman–Crippen LogP) is 2.88. The summed E-state index contributed by atoms with van der Waals surface area (Å²) in [6.07, 6.45) is 2.50. The molecule has 7 nitrogen and oxygen atoms in total. The van der Waals surface area contributed by atoms with E-state index in [-0.39, 0.29) is 18.7 Å². The highest BCUT2D eigenvalue weighted by atomic mass is 16.7. The van der Waals surface area contributed by atoms with Crippen molar-refractivity contribution in [2.45, 2.75) is 25.3 Å². The molecule has 0 radical (unpaired) electrons. The molecule has 2 aromatic rings. The highest BCUT2D eigenvalue weighted by Gasteiger charge is 2.23. The number of fused-ring (bicyclic) bond motifs is 1. The van der Waals surface area contributed by atoms with E-state index < -0.39 is 0 Å². The Kier molecular flexibility index (Phi) is 4.35. The highest BCUT2D eigenvalue weighted by Crippen LogP contribution is 2.34. The number of anilines is 2. The van der Waals surface area contributed by atoms with Crippen LogP contribution in [0, 0.1) is 0 Å². The molecule has 3 N–H and O–H groups in total. The number of hydrogen-bond donors (Lipinski definition) is 3. The Bertz CT molecular complexity index is 831. The first-order valence-electron chi connectivity index (χ1n) is 8.52. The van der Waals surface area contributed by atoms with Gasteiger partial charge in [-0.05, 0) is 42.7 Å². The van der Waals surface area contributed by atoms with E-state index in [2.05, 4.69) is 16.0 Å². The minimum atomic E-state index is -0.358. The second-order valence-corrected chi connectivity index (χ2v) is 6.36. The smallest absolute Gasteiger partial charge is 0.323 e. The Labute approximate surface area is 150 Å². The van der Waals surface area contributed by atoms with Gasteiger partial charge in [-0.1, -0.05) is 12.1 Å². The molecule has 26 heavy (non-hydrogen) atoms. The van der Waals surface area contributed by atoms with Gasteiger partial charge in [0.1, 0.15) is 0 Å². The largest absolute Gasteiger partial charge is 0.454 e. The summed E-state index contributed by atoms with van der Waals surface area (Å²) in [6, 6.07) is 12.4. The molecule has 0 saturated heterocycles. The quantitative estimate of drug-likeness (QED) is 0.771. The first-order valence-corrected chi connectivity index (χ1v) is 8.52. The second kappa shape index (κ2) is 6.95. The van der Waals surface area contributed by atoms with Crippen molar-refractivity contribution in [3.8, 4) is 11.5 Å². The summed E-state index contributed by atoms with van der Waals surface area (Å²) < 4.78 is 10.5. The van der Waals surface area contributed by atoms with Crippen LogP contribution >= 0.6 is 0 Å². The Morgan fingerprint density at radius 2 is 1.62 bits per heavy atom. The van der Waals surface area contributed by atoms with E-state index >= 15 is 0 Å². The highest BCUT2D eigenvalue weighted by molar-refractivity contribution is 6.00. The number of amides is 3. The van der Waals surface area contributed by atoms with Crippen LogP contribution in [-0.2, 0) is 11.2 Å². The molecule has 0 atom stereocenters. The van der Waals surface area contributed by atoms with E-state index in [0.29, 0.717) is 35.3 Å². The summed E-state index contributed by atoms with van der Waals surface area (Å²) >= 11 is 0. The lowest BCUT2D eigenvalue weighted by Crippen LogP contribution is -2.26. The molecule has 1 aliphatic heterocycles. The lowest BCUT2D eigenvalue weighted by molar-refractivity contribution is -0.120. The molecule has 134 valence electrons. The van der Waals surface area contributed by atoms with Crippen molar-refractivity contribution in [1.29, 1.82) is 0 Å². The van der Waals surface area contributed by atoms with Crippen molar-refractivity contribution in [3.63, 3.8) is 0 Å². The maximum Gasteiger partial charge on any atom is 0.323 e. The van der Waals surface area contributed by atoms with Gasteiger partial charge in [0.05, 0.1) is 6.42 Å². The molecule has 1 fully saturated rings. The van der Waals surface area contributed by atoms with Crippen LogP contribution in [0.5, 0.6) is 11.5 Å². The maximum absolute atomic E-state index is 12.1. The van der Waals surface area contributed by atoms with Gasteiger partial charge in [-0.15, -0.1) is 0 Å². The lowest BCUT2D eigenvalue weighted by atomic mass is 10.1. The van der Waals surface area contributed by atoms with E-state index in [1.165, 1.54) is 0 Å². The molecule has 0 bridgehead atoms. The Balaban J connectivity index is 1.30. The first kappa shape index (κ1) is 16.3. The van der Waals surface area contributed by atoms with Crippen LogP contribution in [0.4, 0.5) is 16.2 Å². The summed E-state index contributed by atoms with van der Waals surface area (Å²) in [7, 11) is 0. The second-order valence-electron chi connectivity index (χ2n) is 6.36. The molecule has 3 amide bonds. The lowest BCUT2D eigenvalue weighted by Gasteiger charge is -2.09. The zero-order chi connectivity index (χ0) is 17.9. The molecule has 2 aliphatic rings. The van der Waals surface area contributed by atoms with Crippen molar-refractivity contribution < 1.29 is 19.1 Å². The van der Waals surface area contributed by atoms with E-state index in [4.69, 9.17) is 9.47 Å². The van der Waals surface area contributed by atoms with E-state index in [9.17, 15) is 9.59 Å². The van der Waals surface area contributed by atoms with Gasteiger partial charge in [-0.3, -0.25) is 4.79 Å². The number of ether oxygens (including phenoxy) is 2. The summed E-state index contributed by atoms with van der Waals surface area (Å²) in [5.74, 6) is 1.31. The minimum absolute atomic E-state index is 0.0359. The van der Waals surface area contributed by atoms with Crippen LogP contribution < -0.4 is 25.4 Å². The number of carbonyl (C=O) groups is 2. The number of rotatable bonds is 5. The predicted molar refractivity (Wildman–Crippen MR) is 96.5 cm³/mol. The van der Waals surface area contributed by atoms with Crippen LogP contribution in [-0.4, -0.2) is 24.8 Å². The van der Waals surface area contributed by atoms with Gasteiger partial charge in [0.25, 0.3) is 0 Å². The maximum atomic E-state index is 12.1. The van der Waals surface area contributed by atoms with Gasteiger partial charge < -0.3 is 25.4 Å². The third-order valence-electron chi connectivity index (χ3n) is 4.15. The molecule has 2 aromatic carbocycles. The fraction of sp³-hybridized carbons (Fsp3) is 0.263. The molecule has 4 rings (SSSR count). The summed E-state index contributed by atoms with van der Waals surface area (Å²) in [5.41, 5.74) is 2.17. The Hall–Kier alpha value is -3.22. The van der Waals surface area contributed by atoms with Gasteiger partial charge in [-0.25, -0.2) is 4.79 Å². The van der Waals surface area contributed by atoms with Crippen LogP contribution in [0.1, 0.15) is 18.4 Å². The van der Waals surface area contributed by atoms with Crippen LogP contribution in [0.25, 0.3) is 0 Å². The minimum Gasteiger partial charge on any atom is -0.454 e. The van der Waals surface area contributed by atoms with E-state index in [0.717, 1.165) is 18.4 Å². The molecule has 0 aromatic heterocycles. The number of urea groups is 1. The van der Waals surface area contributed by atoms with E-state index in [1.807, 2.05) is 12.1 Å². The zero-order valence-electron chi connectivity index (χ0n) is 14.1. The Morgan fingerprint density at radius 1 is 0.923 bits per heavy atom. The van der Waals surface area contributed by atoms with Gasteiger partial charge in [0.15, 0.2) is 11.5 Å². The van der Waals surface area contributed by atoms with Gasteiger partial charge in [-0.2, -0.15) is 0 Å². The topological polar surface area (TPSA) is 88.7 Å². The standard InChI is InChI=1S/C19H19N3O4/c23-18(20-13-5-6-13)9-12-1-3-14(4-2-12)21-19(24)22-15-7-8-16-17(10-15)26-11-25-16/h1-4,7-8,10,13H,5-6,9,11H2,(H,20,23)(H2,21,22,24). The van der Waals surface area contributed by atoms with Crippen molar-refractivity contribution in [2.24, 2.45) is 0 Å². The molecule has 1 saturated carbocycles. The average Bonchev–Trinajstić information content (AvgIpc) is 3.30.